The van der Waals surface area contributed by atoms with Crippen molar-refractivity contribution in [3.05, 3.63) is 161 Å². The van der Waals surface area contributed by atoms with Crippen LogP contribution in [0.2, 0.25) is 0 Å². The highest BCUT2D eigenvalue weighted by Gasteiger charge is 2.45. The van der Waals surface area contributed by atoms with Crippen LogP contribution in [0.25, 0.3) is 28.2 Å². The molecule has 4 aromatic carbocycles. The number of nitrogens with zero attached hydrogens (tertiary/aromatic N) is 2. The van der Waals surface area contributed by atoms with E-state index in [0.717, 1.165) is 18.6 Å². The summed E-state index contributed by atoms with van der Waals surface area (Å²) in [5, 5.41) is 1.40. The van der Waals surface area contributed by atoms with Crippen LogP contribution in [0.5, 0.6) is 0 Å². The van der Waals surface area contributed by atoms with E-state index in [1.807, 2.05) is 0 Å². The maximum absolute atomic E-state index is 6.70. The molecule has 0 bridgehead atoms. The number of fused-ring (bicyclic) bond motifs is 8. The molecular weight excluding hydrogens is 633 g/mol. The van der Waals surface area contributed by atoms with Gasteiger partial charge in [-0.05, 0) is 134 Å². The van der Waals surface area contributed by atoms with E-state index >= 15 is 0 Å². The predicted octanol–water partition coefficient (Wildman–Crippen LogP) is 12.1. The van der Waals surface area contributed by atoms with E-state index in [0.29, 0.717) is 35.8 Å². The van der Waals surface area contributed by atoms with Crippen molar-refractivity contribution < 1.29 is 4.74 Å². The molecule has 6 atom stereocenters. The highest BCUT2D eigenvalue weighted by molar-refractivity contribution is 5.91. The molecule has 6 unspecified atom stereocenters. The molecule has 258 valence electrons. The second-order valence-corrected chi connectivity index (χ2v) is 16.3. The molecule has 0 saturated heterocycles. The molecule has 5 aromatic rings. The van der Waals surface area contributed by atoms with E-state index in [-0.39, 0.29) is 0 Å². The van der Waals surface area contributed by atoms with E-state index in [9.17, 15) is 0 Å². The number of allylic oxidation sites excluding steroid dienone is 4. The third-order valence-electron chi connectivity index (χ3n) is 13.5. The molecule has 3 heteroatoms. The Balaban J connectivity index is 0.891. The monoisotopic (exact) mass is 678 g/mol. The summed E-state index contributed by atoms with van der Waals surface area (Å²) >= 11 is 0. The van der Waals surface area contributed by atoms with Crippen LogP contribution in [-0.4, -0.2) is 16.7 Å². The van der Waals surface area contributed by atoms with Crippen molar-refractivity contribution in [3.63, 3.8) is 0 Å². The average molecular weight is 679 g/mol. The Hall–Kier alpha value is -5.02. The van der Waals surface area contributed by atoms with Crippen molar-refractivity contribution in [2.24, 2.45) is 17.8 Å². The van der Waals surface area contributed by atoms with E-state index in [1.54, 1.807) is 5.56 Å². The second kappa shape index (κ2) is 12.0. The largest absolute Gasteiger partial charge is 0.489 e. The summed E-state index contributed by atoms with van der Waals surface area (Å²) in [5.74, 6) is 3.53. The third-order valence-corrected chi connectivity index (χ3v) is 13.5. The molecule has 2 fully saturated rings. The molecule has 0 N–H and O–H groups in total. The van der Waals surface area contributed by atoms with E-state index in [2.05, 4.69) is 137 Å². The van der Waals surface area contributed by atoms with Crippen LogP contribution in [0, 0.1) is 17.8 Å². The lowest BCUT2D eigenvalue weighted by Gasteiger charge is -2.40. The zero-order valence-electron chi connectivity index (χ0n) is 29.9. The van der Waals surface area contributed by atoms with Gasteiger partial charge in [-0.2, -0.15) is 0 Å². The number of aromatic nitrogens is 1. The number of ether oxygens (including phenoxy) is 1. The molecule has 3 nitrogen and oxygen atoms in total. The van der Waals surface area contributed by atoms with Crippen molar-refractivity contribution in [3.8, 4) is 5.69 Å². The van der Waals surface area contributed by atoms with Crippen LogP contribution in [0.3, 0.4) is 0 Å². The first kappa shape index (κ1) is 30.6. The Kier molecular flexibility index (Phi) is 7.07. The molecule has 0 amide bonds. The molecule has 2 aliphatic heterocycles. The van der Waals surface area contributed by atoms with Gasteiger partial charge in [0.15, 0.2) is 0 Å². The third kappa shape index (κ3) is 4.71. The van der Waals surface area contributed by atoms with Gasteiger partial charge in [0.05, 0.1) is 5.52 Å². The Morgan fingerprint density at radius 1 is 0.731 bits per heavy atom. The molecule has 52 heavy (non-hydrogen) atoms. The Bertz CT molecular complexity index is 2320. The van der Waals surface area contributed by atoms with Crippen molar-refractivity contribution >= 4 is 33.9 Å². The number of hydrogen-bond donors (Lipinski definition) is 0. The first-order chi connectivity index (χ1) is 25.7. The summed E-state index contributed by atoms with van der Waals surface area (Å²) in [5.41, 5.74) is 14.8. The fourth-order valence-corrected chi connectivity index (χ4v) is 11.2. The van der Waals surface area contributed by atoms with Crippen LogP contribution in [-0.2, 0) is 11.2 Å². The SMILES string of the molecule is C=C1C=C(c2ccc(-n3c4c(c5ccccc53)CC(C3CCC5C(C3)c3ccccc3N5c3ccccc3)C=C4)cc2)C2=C(C1)C1CCCCC1O2. The molecule has 1 aromatic heterocycles. The van der Waals surface area contributed by atoms with Crippen LogP contribution < -0.4 is 4.90 Å². The van der Waals surface area contributed by atoms with Crippen LogP contribution in [0.1, 0.15) is 79.7 Å². The molecule has 6 aliphatic rings. The minimum Gasteiger partial charge on any atom is -0.489 e. The van der Waals surface area contributed by atoms with Gasteiger partial charge in [-0.3, -0.25) is 0 Å². The minimum absolute atomic E-state index is 0.355. The Labute approximate surface area is 307 Å². The van der Waals surface area contributed by atoms with Gasteiger partial charge in [-0.15, -0.1) is 0 Å². The first-order valence-electron chi connectivity index (χ1n) is 19.8. The quantitative estimate of drug-likeness (QED) is 0.188. The highest BCUT2D eigenvalue weighted by atomic mass is 16.5. The average Bonchev–Trinajstić information content (AvgIpc) is 3.85. The smallest absolute Gasteiger partial charge is 0.127 e. The first-order valence-corrected chi connectivity index (χ1v) is 19.8. The lowest BCUT2D eigenvalue weighted by molar-refractivity contribution is 0.0891. The molecule has 3 heterocycles. The fraction of sp³-hybridized carbons (Fsp3) is 0.306. The zero-order valence-corrected chi connectivity index (χ0v) is 29.9. The van der Waals surface area contributed by atoms with Gasteiger partial charge >= 0.3 is 0 Å². The maximum atomic E-state index is 6.70. The lowest BCUT2D eigenvalue weighted by atomic mass is 9.69. The van der Waals surface area contributed by atoms with Crippen molar-refractivity contribution in [2.75, 3.05) is 4.90 Å². The fourth-order valence-electron chi connectivity index (χ4n) is 11.2. The number of rotatable bonds is 4. The van der Waals surface area contributed by atoms with E-state index in [1.165, 1.54) is 106 Å². The molecule has 11 rings (SSSR count). The molecule has 2 saturated carbocycles. The van der Waals surface area contributed by atoms with Gasteiger partial charge in [0, 0.05) is 51.6 Å². The molecule has 0 spiro atoms. The van der Waals surface area contributed by atoms with Crippen LogP contribution in [0.4, 0.5) is 11.4 Å². The molecular formula is C49H46N2O. The standard InChI is InChI=1S/C49H46N2O/c1-31-27-40(49-43(28-31)39-15-7-10-18-48(39)52-49)32-19-23-36(24-20-32)51-45-17-9-6-14-38(45)42-30-34(22-26-47(42)51)33-21-25-46-41(29-33)37-13-5-8-16-44(37)50(46)35-11-3-2-4-12-35/h2-6,8-9,11-14,16-17,19-20,22-24,26-27,33-34,39,41,46,48H,1,7,10,15,18,21,25,28-30H2. The van der Waals surface area contributed by atoms with Gasteiger partial charge in [0.1, 0.15) is 11.9 Å². The summed E-state index contributed by atoms with van der Waals surface area (Å²) in [4.78, 5) is 2.65. The minimum atomic E-state index is 0.355. The Morgan fingerprint density at radius 3 is 2.44 bits per heavy atom. The van der Waals surface area contributed by atoms with Crippen molar-refractivity contribution in [1.82, 2.24) is 4.57 Å². The summed E-state index contributed by atoms with van der Waals surface area (Å²) in [6.45, 7) is 4.43. The van der Waals surface area contributed by atoms with Crippen molar-refractivity contribution in [1.29, 1.82) is 0 Å². The number of para-hydroxylation sites is 3. The normalized spacial score (nSPS) is 27.4. The summed E-state index contributed by atoms with van der Waals surface area (Å²) < 4.78 is 9.20. The zero-order chi connectivity index (χ0) is 34.3. The lowest BCUT2D eigenvalue weighted by Crippen LogP contribution is -2.37. The van der Waals surface area contributed by atoms with Gasteiger partial charge < -0.3 is 14.2 Å². The summed E-state index contributed by atoms with van der Waals surface area (Å²) in [6.07, 6.45) is 18.5. The van der Waals surface area contributed by atoms with Gasteiger partial charge in [0.25, 0.3) is 0 Å². The topological polar surface area (TPSA) is 17.4 Å². The number of anilines is 2. The maximum Gasteiger partial charge on any atom is 0.127 e. The number of benzene rings is 4. The summed E-state index contributed by atoms with van der Waals surface area (Å²) in [6, 6.07) is 39.1. The molecule has 4 aliphatic carbocycles. The summed E-state index contributed by atoms with van der Waals surface area (Å²) in [7, 11) is 0. The van der Waals surface area contributed by atoms with Gasteiger partial charge in [0.2, 0.25) is 0 Å². The van der Waals surface area contributed by atoms with Gasteiger partial charge in [-0.25, -0.2) is 0 Å². The van der Waals surface area contributed by atoms with Gasteiger partial charge in [-0.1, -0.05) is 91.4 Å². The van der Waals surface area contributed by atoms with Crippen LogP contribution in [0.15, 0.2) is 139 Å². The predicted molar refractivity (Wildman–Crippen MR) is 214 cm³/mol. The van der Waals surface area contributed by atoms with E-state index < -0.39 is 0 Å². The van der Waals surface area contributed by atoms with Crippen molar-refractivity contribution in [2.45, 2.75) is 75.9 Å². The van der Waals surface area contributed by atoms with E-state index in [4.69, 9.17) is 4.74 Å². The Morgan fingerprint density at radius 2 is 1.54 bits per heavy atom. The second-order valence-electron chi connectivity index (χ2n) is 16.3. The molecule has 0 radical (unpaired) electrons. The van der Waals surface area contributed by atoms with Crippen LogP contribution >= 0.6 is 0 Å². The number of hydrogen-bond acceptors (Lipinski definition) is 2. The highest BCUT2D eigenvalue weighted by Crippen LogP contribution is 2.54.